The van der Waals surface area contributed by atoms with Gasteiger partial charge in [-0.05, 0) is 35.8 Å². The summed E-state index contributed by atoms with van der Waals surface area (Å²) in [5.74, 6) is -0.907. The Morgan fingerprint density at radius 3 is 2.56 bits per heavy atom. The Kier molecular flexibility index (Phi) is 5.20. The number of carbonyl (C=O) groups excluding carboxylic acids is 2. The Labute approximate surface area is 156 Å². The number of amides is 1. The first-order valence-corrected chi connectivity index (χ1v) is 8.74. The molecule has 25 heavy (non-hydrogen) atoms. The third kappa shape index (κ3) is 3.75. The van der Waals surface area contributed by atoms with Crippen LogP contribution in [0.15, 0.2) is 53.0 Å². The van der Waals surface area contributed by atoms with Crippen molar-refractivity contribution in [2.45, 2.75) is 0 Å². The molecule has 0 aliphatic rings. The van der Waals surface area contributed by atoms with Gasteiger partial charge in [-0.15, -0.1) is 5.10 Å². The molecular formula is C17H12BrN3O3S. The summed E-state index contributed by atoms with van der Waals surface area (Å²) in [6.07, 6.45) is 0. The first-order chi connectivity index (χ1) is 12.1. The van der Waals surface area contributed by atoms with E-state index in [2.05, 4.69) is 30.8 Å². The SMILES string of the molecule is COC(=O)c1ccccc1NC(=O)c1snnc1-c1ccc(Br)cc1. The number of halogens is 1. The highest BCUT2D eigenvalue weighted by atomic mass is 79.9. The van der Waals surface area contributed by atoms with Crippen LogP contribution >= 0.6 is 27.5 Å². The van der Waals surface area contributed by atoms with Gasteiger partial charge in [-0.1, -0.05) is 44.7 Å². The molecule has 0 saturated carbocycles. The summed E-state index contributed by atoms with van der Waals surface area (Å²) in [6.45, 7) is 0. The summed E-state index contributed by atoms with van der Waals surface area (Å²) in [5.41, 5.74) is 1.92. The summed E-state index contributed by atoms with van der Waals surface area (Å²) >= 11 is 4.37. The van der Waals surface area contributed by atoms with Gasteiger partial charge in [0.05, 0.1) is 18.4 Å². The molecule has 0 spiro atoms. The maximum Gasteiger partial charge on any atom is 0.339 e. The van der Waals surface area contributed by atoms with E-state index in [1.54, 1.807) is 24.3 Å². The molecule has 0 fully saturated rings. The van der Waals surface area contributed by atoms with Crippen molar-refractivity contribution in [2.75, 3.05) is 12.4 Å². The van der Waals surface area contributed by atoms with E-state index in [1.807, 2.05) is 24.3 Å². The maximum atomic E-state index is 12.7. The monoisotopic (exact) mass is 417 g/mol. The fourth-order valence-electron chi connectivity index (χ4n) is 2.20. The summed E-state index contributed by atoms with van der Waals surface area (Å²) in [6, 6.07) is 14.1. The average Bonchev–Trinajstić information content (AvgIpc) is 3.12. The highest BCUT2D eigenvalue weighted by molar-refractivity contribution is 9.10. The zero-order chi connectivity index (χ0) is 17.8. The highest BCUT2D eigenvalue weighted by Crippen LogP contribution is 2.27. The molecule has 3 rings (SSSR count). The number of benzene rings is 2. The molecule has 1 amide bonds. The Morgan fingerprint density at radius 1 is 1.12 bits per heavy atom. The van der Waals surface area contributed by atoms with Crippen LogP contribution in [0.25, 0.3) is 11.3 Å². The lowest BCUT2D eigenvalue weighted by molar-refractivity contribution is 0.0602. The second kappa shape index (κ2) is 7.54. The quantitative estimate of drug-likeness (QED) is 0.648. The summed E-state index contributed by atoms with van der Waals surface area (Å²) in [5, 5.41) is 6.78. The van der Waals surface area contributed by atoms with E-state index in [1.165, 1.54) is 7.11 Å². The van der Waals surface area contributed by atoms with E-state index in [0.29, 0.717) is 16.3 Å². The molecule has 126 valence electrons. The Balaban J connectivity index is 1.90. The third-order valence-electron chi connectivity index (χ3n) is 3.39. The Hall–Kier alpha value is -2.58. The van der Waals surface area contributed by atoms with Gasteiger partial charge >= 0.3 is 5.97 Å². The number of anilines is 1. The van der Waals surface area contributed by atoms with Gasteiger partial charge in [0, 0.05) is 10.0 Å². The predicted molar refractivity (Wildman–Crippen MR) is 98.8 cm³/mol. The molecule has 3 aromatic rings. The summed E-state index contributed by atoms with van der Waals surface area (Å²) in [7, 11) is 1.29. The van der Waals surface area contributed by atoms with Crippen molar-refractivity contribution in [1.82, 2.24) is 9.59 Å². The summed E-state index contributed by atoms with van der Waals surface area (Å²) in [4.78, 5) is 24.8. The number of esters is 1. The van der Waals surface area contributed by atoms with Crippen LogP contribution in [-0.2, 0) is 4.74 Å². The molecule has 0 aliphatic heterocycles. The number of nitrogens with one attached hydrogen (secondary N) is 1. The minimum absolute atomic E-state index is 0.279. The van der Waals surface area contributed by atoms with Crippen molar-refractivity contribution in [1.29, 1.82) is 0 Å². The number of para-hydroxylation sites is 1. The van der Waals surface area contributed by atoms with Crippen molar-refractivity contribution in [3.8, 4) is 11.3 Å². The molecule has 1 N–H and O–H groups in total. The zero-order valence-corrected chi connectivity index (χ0v) is 15.4. The van der Waals surface area contributed by atoms with Gasteiger partial charge in [0.1, 0.15) is 10.6 Å². The van der Waals surface area contributed by atoms with Gasteiger partial charge in [0.15, 0.2) is 0 Å². The molecule has 0 aliphatic carbocycles. The second-order valence-corrected chi connectivity index (χ2v) is 6.62. The largest absolute Gasteiger partial charge is 0.465 e. The number of aromatic nitrogens is 2. The molecule has 0 atom stereocenters. The van der Waals surface area contributed by atoms with E-state index < -0.39 is 5.97 Å². The molecular weight excluding hydrogens is 406 g/mol. The van der Waals surface area contributed by atoms with Gasteiger partial charge < -0.3 is 10.1 Å². The normalized spacial score (nSPS) is 10.3. The van der Waals surface area contributed by atoms with Gasteiger partial charge in [0.25, 0.3) is 5.91 Å². The number of nitrogens with zero attached hydrogens (tertiary/aromatic N) is 2. The van der Waals surface area contributed by atoms with Gasteiger partial charge in [-0.2, -0.15) is 0 Å². The smallest absolute Gasteiger partial charge is 0.339 e. The summed E-state index contributed by atoms with van der Waals surface area (Å²) < 4.78 is 9.55. The maximum absolute atomic E-state index is 12.7. The molecule has 0 saturated heterocycles. The van der Waals surface area contributed by atoms with Crippen LogP contribution in [0.3, 0.4) is 0 Å². The minimum Gasteiger partial charge on any atom is -0.465 e. The van der Waals surface area contributed by atoms with Crippen LogP contribution < -0.4 is 5.32 Å². The van der Waals surface area contributed by atoms with Crippen molar-refractivity contribution < 1.29 is 14.3 Å². The van der Waals surface area contributed by atoms with Crippen LogP contribution in [0, 0.1) is 0 Å². The molecule has 1 heterocycles. The van der Waals surface area contributed by atoms with Crippen LogP contribution in [0.5, 0.6) is 0 Å². The zero-order valence-electron chi connectivity index (χ0n) is 13.0. The van der Waals surface area contributed by atoms with Crippen molar-refractivity contribution >= 4 is 45.0 Å². The molecule has 0 radical (unpaired) electrons. The fourth-order valence-corrected chi connectivity index (χ4v) is 3.04. The number of hydrogen-bond acceptors (Lipinski definition) is 6. The molecule has 1 aromatic heterocycles. The van der Waals surface area contributed by atoms with Gasteiger partial charge in [-0.3, -0.25) is 4.79 Å². The standard InChI is InChI=1S/C17H12BrN3O3S/c1-24-17(23)12-4-2-3-5-13(12)19-16(22)15-14(20-21-25-15)10-6-8-11(18)9-7-10/h2-9H,1H3,(H,19,22). The van der Waals surface area contributed by atoms with Crippen LogP contribution in [0.1, 0.15) is 20.0 Å². The minimum atomic E-state index is -0.522. The number of hydrogen-bond donors (Lipinski definition) is 1. The van der Waals surface area contributed by atoms with Gasteiger partial charge in [-0.25, -0.2) is 4.79 Å². The lowest BCUT2D eigenvalue weighted by atomic mass is 10.1. The van der Waals surface area contributed by atoms with E-state index in [-0.39, 0.29) is 11.5 Å². The van der Waals surface area contributed by atoms with Crippen molar-refractivity contribution in [3.05, 3.63) is 63.4 Å². The van der Waals surface area contributed by atoms with E-state index in [9.17, 15) is 9.59 Å². The molecule has 2 aromatic carbocycles. The Morgan fingerprint density at radius 2 is 1.84 bits per heavy atom. The first kappa shape index (κ1) is 17.2. The van der Waals surface area contributed by atoms with Crippen LogP contribution in [0.4, 0.5) is 5.69 Å². The average molecular weight is 418 g/mol. The first-order valence-electron chi connectivity index (χ1n) is 7.17. The highest BCUT2D eigenvalue weighted by Gasteiger charge is 2.20. The van der Waals surface area contributed by atoms with E-state index in [0.717, 1.165) is 21.6 Å². The van der Waals surface area contributed by atoms with E-state index >= 15 is 0 Å². The topological polar surface area (TPSA) is 81.2 Å². The number of carbonyl (C=O) groups is 2. The van der Waals surface area contributed by atoms with Crippen molar-refractivity contribution in [3.63, 3.8) is 0 Å². The number of methoxy groups -OCH3 is 1. The predicted octanol–water partition coefficient (Wildman–Crippen LogP) is 4.01. The molecule has 6 nitrogen and oxygen atoms in total. The number of ether oxygens (including phenoxy) is 1. The molecule has 0 bridgehead atoms. The third-order valence-corrected chi connectivity index (χ3v) is 4.65. The molecule has 0 unspecified atom stereocenters. The van der Waals surface area contributed by atoms with E-state index in [4.69, 9.17) is 4.74 Å². The van der Waals surface area contributed by atoms with Crippen LogP contribution in [-0.4, -0.2) is 28.6 Å². The number of rotatable bonds is 4. The van der Waals surface area contributed by atoms with Gasteiger partial charge in [0.2, 0.25) is 0 Å². The Bertz CT molecular complexity index is 925. The van der Waals surface area contributed by atoms with Crippen molar-refractivity contribution in [2.24, 2.45) is 0 Å². The fraction of sp³-hybridized carbons (Fsp3) is 0.0588. The van der Waals surface area contributed by atoms with Crippen LogP contribution in [0.2, 0.25) is 0 Å². The lowest BCUT2D eigenvalue weighted by Gasteiger charge is -2.09. The second-order valence-electron chi connectivity index (χ2n) is 4.95. The lowest BCUT2D eigenvalue weighted by Crippen LogP contribution is -2.15. The molecule has 8 heteroatoms.